The Morgan fingerprint density at radius 1 is 1.60 bits per heavy atom. The van der Waals surface area contributed by atoms with Crippen LogP contribution in [0.25, 0.3) is 0 Å². The van der Waals surface area contributed by atoms with Gasteiger partial charge in [0.2, 0.25) is 5.79 Å². The SMILES string of the molecule is COC1=CCC(OC)(OC(=O)CCl)C=C1. The molecule has 0 fully saturated rings. The Labute approximate surface area is 93.4 Å². The number of carbonyl (C=O) groups excluding carboxylic acids is 1. The summed E-state index contributed by atoms with van der Waals surface area (Å²) in [6.07, 6.45) is 5.52. The van der Waals surface area contributed by atoms with Crippen LogP contribution in [-0.4, -0.2) is 31.9 Å². The van der Waals surface area contributed by atoms with Gasteiger partial charge in [0.25, 0.3) is 0 Å². The molecule has 0 aromatic carbocycles. The molecule has 84 valence electrons. The molecule has 0 bridgehead atoms. The zero-order valence-electron chi connectivity index (χ0n) is 8.66. The second kappa shape index (κ2) is 5.19. The monoisotopic (exact) mass is 232 g/mol. The van der Waals surface area contributed by atoms with Crippen LogP contribution in [0.2, 0.25) is 0 Å². The fourth-order valence-electron chi connectivity index (χ4n) is 1.23. The van der Waals surface area contributed by atoms with Crippen LogP contribution in [0.1, 0.15) is 6.42 Å². The van der Waals surface area contributed by atoms with E-state index in [1.54, 1.807) is 25.3 Å². The Balaban J connectivity index is 2.70. The number of alkyl halides is 1. The maximum absolute atomic E-state index is 11.1. The van der Waals surface area contributed by atoms with E-state index in [-0.39, 0.29) is 5.88 Å². The van der Waals surface area contributed by atoms with E-state index in [0.717, 1.165) is 0 Å². The second-order valence-corrected chi connectivity index (χ2v) is 3.24. The fraction of sp³-hybridized carbons (Fsp3) is 0.500. The van der Waals surface area contributed by atoms with Crippen LogP contribution in [-0.2, 0) is 19.0 Å². The number of carbonyl (C=O) groups is 1. The first-order chi connectivity index (χ1) is 7.15. The predicted octanol–water partition coefficient (Wildman–Crippen LogP) is 1.60. The maximum Gasteiger partial charge on any atom is 0.323 e. The van der Waals surface area contributed by atoms with Gasteiger partial charge in [0.15, 0.2) is 0 Å². The van der Waals surface area contributed by atoms with E-state index < -0.39 is 11.8 Å². The van der Waals surface area contributed by atoms with Gasteiger partial charge in [-0.2, -0.15) is 0 Å². The Morgan fingerprint density at radius 3 is 2.73 bits per heavy atom. The molecule has 5 heteroatoms. The van der Waals surface area contributed by atoms with Gasteiger partial charge >= 0.3 is 5.97 Å². The summed E-state index contributed by atoms with van der Waals surface area (Å²) in [6, 6.07) is 0. The van der Waals surface area contributed by atoms with Crippen LogP contribution in [0.3, 0.4) is 0 Å². The summed E-state index contributed by atoms with van der Waals surface area (Å²) in [6.45, 7) is 0. The number of allylic oxidation sites excluding steroid dienone is 1. The molecule has 0 amide bonds. The molecule has 0 N–H and O–H groups in total. The van der Waals surface area contributed by atoms with Crippen molar-refractivity contribution in [3.05, 3.63) is 24.0 Å². The number of rotatable bonds is 4. The van der Waals surface area contributed by atoms with Crippen LogP contribution in [0.4, 0.5) is 0 Å². The van der Waals surface area contributed by atoms with Crippen LogP contribution in [0.15, 0.2) is 24.0 Å². The molecule has 4 nitrogen and oxygen atoms in total. The van der Waals surface area contributed by atoms with E-state index in [1.165, 1.54) is 7.11 Å². The van der Waals surface area contributed by atoms with Crippen molar-refractivity contribution < 1.29 is 19.0 Å². The molecular weight excluding hydrogens is 220 g/mol. The molecular formula is C10H13ClO4. The van der Waals surface area contributed by atoms with Crippen LogP contribution in [0, 0.1) is 0 Å². The normalized spacial score (nSPS) is 24.6. The van der Waals surface area contributed by atoms with Gasteiger partial charge in [0.1, 0.15) is 11.6 Å². The number of esters is 1. The van der Waals surface area contributed by atoms with Gasteiger partial charge < -0.3 is 14.2 Å². The van der Waals surface area contributed by atoms with E-state index in [1.807, 2.05) is 0 Å². The quantitative estimate of drug-likeness (QED) is 0.420. The van der Waals surface area contributed by atoms with Crippen molar-refractivity contribution in [3.8, 4) is 0 Å². The number of hydrogen-bond donors (Lipinski definition) is 0. The Bertz CT molecular complexity index is 298. The highest BCUT2D eigenvalue weighted by molar-refractivity contribution is 6.26. The van der Waals surface area contributed by atoms with Crippen molar-refractivity contribution in [2.75, 3.05) is 20.1 Å². The molecule has 0 spiro atoms. The lowest BCUT2D eigenvalue weighted by molar-refractivity contribution is -0.197. The molecule has 0 heterocycles. The standard InChI is InChI=1S/C10H13ClO4/c1-13-8-3-5-10(14-2,6-4-8)15-9(12)7-11/h3-5H,6-7H2,1-2H3. The van der Waals surface area contributed by atoms with E-state index >= 15 is 0 Å². The Hall–Kier alpha value is -1.00. The van der Waals surface area contributed by atoms with E-state index in [0.29, 0.717) is 12.2 Å². The van der Waals surface area contributed by atoms with Crippen LogP contribution >= 0.6 is 11.6 Å². The van der Waals surface area contributed by atoms with Gasteiger partial charge in [-0.1, -0.05) is 0 Å². The van der Waals surface area contributed by atoms with Crippen molar-refractivity contribution in [2.45, 2.75) is 12.2 Å². The van der Waals surface area contributed by atoms with Gasteiger partial charge in [0.05, 0.1) is 7.11 Å². The molecule has 0 aliphatic heterocycles. The summed E-state index contributed by atoms with van der Waals surface area (Å²) in [5, 5.41) is 0. The zero-order valence-corrected chi connectivity index (χ0v) is 9.41. The molecule has 1 rings (SSSR count). The minimum atomic E-state index is -1.05. The lowest BCUT2D eigenvalue weighted by Crippen LogP contribution is -2.36. The summed E-state index contributed by atoms with van der Waals surface area (Å²) < 4.78 is 15.3. The summed E-state index contributed by atoms with van der Waals surface area (Å²) in [7, 11) is 3.04. The molecule has 1 aliphatic carbocycles. The minimum absolute atomic E-state index is 0.195. The van der Waals surface area contributed by atoms with E-state index in [9.17, 15) is 4.79 Å². The molecule has 15 heavy (non-hydrogen) atoms. The van der Waals surface area contributed by atoms with Gasteiger partial charge in [-0.3, -0.25) is 4.79 Å². The van der Waals surface area contributed by atoms with Crippen molar-refractivity contribution in [2.24, 2.45) is 0 Å². The number of halogens is 1. The van der Waals surface area contributed by atoms with Crippen molar-refractivity contribution in [3.63, 3.8) is 0 Å². The second-order valence-electron chi connectivity index (χ2n) is 2.97. The molecule has 0 aromatic rings. The smallest absolute Gasteiger partial charge is 0.323 e. The first-order valence-electron chi connectivity index (χ1n) is 4.42. The van der Waals surface area contributed by atoms with Gasteiger partial charge in [-0.15, -0.1) is 11.6 Å². The zero-order chi connectivity index (χ0) is 11.3. The fourth-order valence-corrected chi connectivity index (χ4v) is 1.28. The van der Waals surface area contributed by atoms with Crippen LogP contribution in [0.5, 0.6) is 0 Å². The third-order valence-corrected chi connectivity index (χ3v) is 2.28. The topological polar surface area (TPSA) is 44.8 Å². The van der Waals surface area contributed by atoms with Crippen molar-refractivity contribution >= 4 is 17.6 Å². The van der Waals surface area contributed by atoms with Gasteiger partial charge in [-0.25, -0.2) is 0 Å². The van der Waals surface area contributed by atoms with Crippen LogP contribution < -0.4 is 0 Å². The highest BCUT2D eigenvalue weighted by Gasteiger charge is 2.32. The maximum atomic E-state index is 11.1. The molecule has 1 atom stereocenters. The molecule has 0 aromatic heterocycles. The largest absolute Gasteiger partial charge is 0.497 e. The average molecular weight is 233 g/mol. The van der Waals surface area contributed by atoms with E-state index in [2.05, 4.69) is 0 Å². The molecule has 0 saturated heterocycles. The third kappa shape index (κ3) is 2.97. The van der Waals surface area contributed by atoms with Crippen molar-refractivity contribution in [1.29, 1.82) is 0 Å². The highest BCUT2D eigenvalue weighted by Crippen LogP contribution is 2.26. The summed E-state index contributed by atoms with van der Waals surface area (Å²) in [4.78, 5) is 11.1. The van der Waals surface area contributed by atoms with Gasteiger partial charge in [-0.05, 0) is 18.2 Å². The summed E-state index contributed by atoms with van der Waals surface area (Å²) >= 11 is 5.35. The number of methoxy groups -OCH3 is 2. The molecule has 1 unspecified atom stereocenters. The summed E-state index contributed by atoms with van der Waals surface area (Å²) in [5.41, 5.74) is 0. The minimum Gasteiger partial charge on any atom is -0.497 e. The lowest BCUT2D eigenvalue weighted by atomic mass is 10.1. The summed E-state index contributed by atoms with van der Waals surface area (Å²) in [5.74, 6) is -1.05. The molecule has 0 saturated carbocycles. The molecule has 0 radical (unpaired) electrons. The average Bonchev–Trinajstić information content (AvgIpc) is 2.30. The first-order valence-corrected chi connectivity index (χ1v) is 4.95. The molecule has 1 aliphatic rings. The third-order valence-electron chi connectivity index (χ3n) is 2.07. The number of ether oxygens (including phenoxy) is 3. The number of hydrogen-bond acceptors (Lipinski definition) is 4. The first kappa shape index (κ1) is 12.1. The lowest BCUT2D eigenvalue weighted by Gasteiger charge is -2.29. The Morgan fingerprint density at radius 2 is 2.33 bits per heavy atom. The predicted molar refractivity (Wildman–Crippen MR) is 55.4 cm³/mol. The van der Waals surface area contributed by atoms with Crippen molar-refractivity contribution in [1.82, 2.24) is 0 Å². The highest BCUT2D eigenvalue weighted by atomic mass is 35.5. The Kier molecular flexibility index (Phi) is 4.17. The van der Waals surface area contributed by atoms with Gasteiger partial charge in [0, 0.05) is 13.5 Å². The van der Waals surface area contributed by atoms with E-state index in [4.69, 9.17) is 25.8 Å².